The predicted molar refractivity (Wildman–Crippen MR) is 49.4 cm³/mol. The number of rotatable bonds is 0. The second kappa shape index (κ2) is 2.08. The molecule has 3 rings (SSSR count). The normalized spacial score (nSPS) is 11.3. The van der Waals surface area contributed by atoms with Crippen LogP contribution in [0.25, 0.3) is 22.1 Å². The summed E-state index contributed by atoms with van der Waals surface area (Å²) in [4.78, 5) is 0. The average Bonchev–Trinajstić information content (AvgIpc) is 2.62. The number of para-hydroxylation sites is 1. The molecule has 2 heterocycles. The van der Waals surface area contributed by atoms with Gasteiger partial charge in [0, 0.05) is 5.39 Å². The van der Waals surface area contributed by atoms with Gasteiger partial charge in [-0.05, 0) is 23.7 Å². The molecule has 12 heavy (non-hydrogen) atoms. The van der Waals surface area contributed by atoms with Gasteiger partial charge >= 0.3 is 0 Å². The molecule has 0 saturated heterocycles. The Morgan fingerprint density at radius 1 is 1.17 bits per heavy atom. The average molecular weight is 175 g/mol. The molecule has 0 aliphatic carbocycles. The lowest BCUT2D eigenvalue weighted by Crippen LogP contribution is -1.62. The summed E-state index contributed by atoms with van der Waals surface area (Å²) in [6.45, 7) is 0. The Morgan fingerprint density at radius 3 is 3.08 bits per heavy atom. The number of benzene rings is 1. The van der Waals surface area contributed by atoms with Crippen molar-refractivity contribution in [1.29, 1.82) is 0 Å². The van der Waals surface area contributed by atoms with Crippen LogP contribution in [-0.4, -0.2) is 4.37 Å². The third-order valence-corrected chi connectivity index (χ3v) is 2.51. The molecular weight excluding hydrogens is 170 g/mol. The second-order valence-electron chi connectivity index (χ2n) is 2.63. The van der Waals surface area contributed by atoms with Gasteiger partial charge in [-0.15, -0.1) is 0 Å². The summed E-state index contributed by atoms with van der Waals surface area (Å²) in [7, 11) is 0. The number of furan rings is 1. The summed E-state index contributed by atoms with van der Waals surface area (Å²) in [5.74, 6) is 0. The van der Waals surface area contributed by atoms with Crippen LogP contribution in [0.5, 0.6) is 0 Å². The summed E-state index contributed by atoms with van der Waals surface area (Å²) in [5, 5.41) is 3.03. The molecule has 0 atom stereocenters. The Balaban J connectivity index is 2.68. The standard InChI is InChI=1S/C9H5NOS/c1-2-4-7-6(3-1)9-8(11-7)5-12-10-9/h1-5H. The van der Waals surface area contributed by atoms with Crippen molar-refractivity contribution < 1.29 is 4.42 Å². The molecule has 0 fully saturated rings. The lowest BCUT2D eigenvalue weighted by Gasteiger charge is -1.82. The van der Waals surface area contributed by atoms with Crippen molar-refractivity contribution in [3.63, 3.8) is 0 Å². The fourth-order valence-electron chi connectivity index (χ4n) is 1.35. The maximum absolute atomic E-state index is 5.54. The van der Waals surface area contributed by atoms with E-state index >= 15 is 0 Å². The van der Waals surface area contributed by atoms with Crippen molar-refractivity contribution in [3.8, 4) is 0 Å². The molecule has 2 nitrogen and oxygen atoms in total. The van der Waals surface area contributed by atoms with Gasteiger partial charge in [0.2, 0.25) is 0 Å². The zero-order chi connectivity index (χ0) is 7.97. The van der Waals surface area contributed by atoms with Crippen molar-refractivity contribution in [2.45, 2.75) is 0 Å². The maximum atomic E-state index is 5.54. The number of aromatic nitrogens is 1. The van der Waals surface area contributed by atoms with Gasteiger partial charge in [0.15, 0.2) is 5.58 Å². The Kier molecular flexibility index (Phi) is 1.07. The van der Waals surface area contributed by atoms with Crippen LogP contribution >= 0.6 is 11.5 Å². The van der Waals surface area contributed by atoms with Crippen LogP contribution in [0.1, 0.15) is 0 Å². The molecular formula is C9H5NOS. The van der Waals surface area contributed by atoms with E-state index < -0.39 is 0 Å². The third kappa shape index (κ3) is 0.662. The summed E-state index contributed by atoms with van der Waals surface area (Å²) in [5.41, 5.74) is 2.79. The molecule has 0 spiro atoms. The summed E-state index contributed by atoms with van der Waals surface area (Å²) < 4.78 is 9.80. The van der Waals surface area contributed by atoms with Gasteiger partial charge in [0.25, 0.3) is 0 Å². The first-order valence-electron chi connectivity index (χ1n) is 3.67. The van der Waals surface area contributed by atoms with E-state index in [1.807, 2.05) is 29.6 Å². The SMILES string of the molecule is c1ccc2c(c1)oc1csnc12. The van der Waals surface area contributed by atoms with Gasteiger partial charge in [0.1, 0.15) is 11.1 Å². The molecule has 0 unspecified atom stereocenters. The van der Waals surface area contributed by atoms with Gasteiger partial charge in [-0.2, -0.15) is 4.37 Å². The fraction of sp³-hybridized carbons (Fsp3) is 0. The maximum Gasteiger partial charge on any atom is 0.166 e. The summed E-state index contributed by atoms with van der Waals surface area (Å²) in [6.07, 6.45) is 0. The largest absolute Gasteiger partial charge is 0.453 e. The Bertz CT molecular complexity index is 536. The third-order valence-electron chi connectivity index (χ3n) is 1.90. The molecule has 2 aromatic heterocycles. The Hall–Kier alpha value is -1.35. The smallest absolute Gasteiger partial charge is 0.166 e. The van der Waals surface area contributed by atoms with E-state index in [1.54, 1.807) is 0 Å². The van der Waals surface area contributed by atoms with Crippen molar-refractivity contribution in [2.75, 3.05) is 0 Å². The van der Waals surface area contributed by atoms with E-state index in [0.717, 1.165) is 22.1 Å². The van der Waals surface area contributed by atoms with Gasteiger partial charge < -0.3 is 4.42 Å². The van der Waals surface area contributed by atoms with Crippen molar-refractivity contribution in [3.05, 3.63) is 29.6 Å². The Labute approximate surface area is 72.6 Å². The molecule has 3 heteroatoms. The lowest BCUT2D eigenvalue weighted by atomic mass is 10.2. The minimum absolute atomic E-state index is 0.890. The van der Waals surface area contributed by atoms with Crippen LogP contribution < -0.4 is 0 Å². The van der Waals surface area contributed by atoms with Crippen LogP contribution in [0.15, 0.2) is 34.1 Å². The van der Waals surface area contributed by atoms with Crippen LogP contribution in [-0.2, 0) is 0 Å². The van der Waals surface area contributed by atoms with E-state index in [1.165, 1.54) is 11.5 Å². The molecule has 0 amide bonds. The lowest BCUT2D eigenvalue weighted by molar-refractivity contribution is 0.670. The number of nitrogens with zero attached hydrogens (tertiary/aromatic N) is 1. The van der Waals surface area contributed by atoms with Gasteiger partial charge in [-0.25, -0.2) is 0 Å². The highest BCUT2D eigenvalue weighted by atomic mass is 32.1. The molecule has 58 valence electrons. The summed E-state index contributed by atoms with van der Waals surface area (Å²) in [6, 6.07) is 7.95. The minimum Gasteiger partial charge on any atom is -0.453 e. The first-order valence-corrected chi connectivity index (χ1v) is 4.50. The molecule has 1 aromatic carbocycles. The topological polar surface area (TPSA) is 26.0 Å². The van der Waals surface area contributed by atoms with Gasteiger partial charge in [0.05, 0.1) is 5.38 Å². The summed E-state index contributed by atoms with van der Waals surface area (Å²) >= 11 is 1.43. The number of hydrogen-bond acceptors (Lipinski definition) is 3. The quantitative estimate of drug-likeness (QED) is 0.525. The zero-order valence-corrected chi connectivity index (χ0v) is 6.97. The minimum atomic E-state index is 0.890. The highest BCUT2D eigenvalue weighted by Gasteiger charge is 2.06. The molecule has 0 bridgehead atoms. The van der Waals surface area contributed by atoms with E-state index in [-0.39, 0.29) is 0 Å². The molecule has 0 N–H and O–H groups in total. The van der Waals surface area contributed by atoms with E-state index in [4.69, 9.17) is 4.42 Å². The fourth-order valence-corrected chi connectivity index (χ4v) is 1.95. The number of hydrogen-bond donors (Lipinski definition) is 0. The van der Waals surface area contributed by atoms with Gasteiger partial charge in [-0.3, -0.25) is 0 Å². The van der Waals surface area contributed by atoms with E-state index in [2.05, 4.69) is 4.37 Å². The zero-order valence-electron chi connectivity index (χ0n) is 6.15. The molecule has 0 saturated carbocycles. The molecule has 3 aromatic rings. The van der Waals surface area contributed by atoms with E-state index in [0.29, 0.717) is 0 Å². The highest BCUT2D eigenvalue weighted by molar-refractivity contribution is 7.04. The van der Waals surface area contributed by atoms with Crippen molar-refractivity contribution in [1.82, 2.24) is 4.37 Å². The van der Waals surface area contributed by atoms with Crippen molar-refractivity contribution >= 4 is 33.6 Å². The second-order valence-corrected chi connectivity index (χ2v) is 3.25. The Morgan fingerprint density at radius 2 is 2.08 bits per heavy atom. The highest BCUT2D eigenvalue weighted by Crippen LogP contribution is 2.27. The first-order chi connectivity index (χ1) is 5.95. The van der Waals surface area contributed by atoms with Crippen molar-refractivity contribution in [2.24, 2.45) is 0 Å². The number of fused-ring (bicyclic) bond motifs is 3. The van der Waals surface area contributed by atoms with E-state index in [9.17, 15) is 0 Å². The van der Waals surface area contributed by atoms with Crippen LogP contribution in [0.3, 0.4) is 0 Å². The molecule has 0 aliphatic rings. The van der Waals surface area contributed by atoms with Gasteiger partial charge in [-0.1, -0.05) is 12.1 Å². The van der Waals surface area contributed by atoms with Crippen LogP contribution in [0.4, 0.5) is 0 Å². The van der Waals surface area contributed by atoms with Crippen LogP contribution in [0.2, 0.25) is 0 Å². The molecule has 0 aliphatic heterocycles. The first kappa shape index (κ1) is 6.20. The monoisotopic (exact) mass is 175 g/mol. The predicted octanol–water partition coefficient (Wildman–Crippen LogP) is 3.04. The van der Waals surface area contributed by atoms with Crippen LogP contribution in [0, 0.1) is 0 Å². The molecule has 0 radical (unpaired) electrons.